The Hall–Kier alpha value is -0.380. The molecule has 0 aliphatic heterocycles. The summed E-state index contributed by atoms with van der Waals surface area (Å²) in [5.41, 5.74) is 5.70. The molecule has 1 aromatic rings. The van der Waals surface area contributed by atoms with Crippen LogP contribution >= 0.6 is 11.3 Å². The van der Waals surface area contributed by atoms with Crippen LogP contribution in [0.25, 0.3) is 0 Å². The summed E-state index contributed by atoms with van der Waals surface area (Å²) in [5.74, 6) is 1.68. The Morgan fingerprint density at radius 3 is 2.62 bits per heavy atom. The molecule has 3 N–H and O–H groups in total. The molecule has 16 heavy (non-hydrogen) atoms. The van der Waals surface area contributed by atoms with Crippen LogP contribution < -0.4 is 11.1 Å². The standard InChI is InChI=1S/C13H22N2S/c14-8-11-3-5-12(6-4-11)9-15-10-13-2-1-7-16-13/h1-2,7,11-12,15H,3-6,8-10,14H2. The van der Waals surface area contributed by atoms with Crippen LogP contribution in [0.4, 0.5) is 0 Å². The minimum atomic E-state index is 0.800. The molecular formula is C13H22N2S. The van der Waals surface area contributed by atoms with Gasteiger partial charge in [0.1, 0.15) is 0 Å². The maximum Gasteiger partial charge on any atom is 0.0299 e. The molecule has 0 atom stereocenters. The summed E-state index contributed by atoms with van der Waals surface area (Å²) in [7, 11) is 0. The molecule has 0 spiro atoms. The van der Waals surface area contributed by atoms with Gasteiger partial charge in [-0.2, -0.15) is 0 Å². The molecule has 0 saturated heterocycles. The quantitative estimate of drug-likeness (QED) is 0.827. The summed E-state index contributed by atoms with van der Waals surface area (Å²) in [6, 6.07) is 4.32. The Labute approximate surface area is 102 Å². The largest absolute Gasteiger partial charge is 0.330 e. The van der Waals surface area contributed by atoms with Crippen molar-refractivity contribution in [3.8, 4) is 0 Å². The first-order valence-electron chi connectivity index (χ1n) is 6.31. The average Bonchev–Trinajstić information content (AvgIpc) is 2.83. The van der Waals surface area contributed by atoms with Gasteiger partial charge in [-0.05, 0) is 62.1 Å². The summed E-state index contributed by atoms with van der Waals surface area (Å²) in [6.45, 7) is 3.10. The molecule has 0 aromatic carbocycles. The van der Waals surface area contributed by atoms with Crippen molar-refractivity contribution < 1.29 is 0 Å². The Kier molecular flexibility index (Phi) is 4.82. The van der Waals surface area contributed by atoms with Gasteiger partial charge < -0.3 is 11.1 Å². The van der Waals surface area contributed by atoms with Crippen LogP contribution in [0.2, 0.25) is 0 Å². The van der Waals surface area contributed by atoms with Gasteiger partial charge in [0.25, 0.3) is 0 Å². The van der Waals surface area contributed by atoms with Crippen LogP contribution in [-0.2, 0) is 6.54 Å². The third kappa shape index (κ3) is 3.58. The Morgan fingerprint density at radius 1 is 1.25 bits per heavy atom. The van der Waals surface area contributed by atoms with Crippen LogP contribution in [0.15, 0.2) is 17.5 Å². The molecule has 1 aliphatic rings. The molecule has 1 saturated carbocycles. The van der Waals surface area contributed by atoms with E-state index < -0.39 is 0 Å². The number of nitrogens with one attached hydrogen (secondary N) is 1. The van der Waals surface area contributed by atoms with Gasteiger partial charge in [-0.3, -0.25) is 0 Å². The van der Waals surface area contributed by atoms with E-state index in [2.05, 4.69) is 22.8 Å². The lowest BCUT2D eigenvalue weighted by Crippen LogP contribution is -2.28. The van der Waals surface area contributed by atoms with Gasteiger partial charge in [-0.25, -0.2) is 0 Å². The highest BCUT2D eigenvalue weighted by atomic mass is 32.1. The fourth-order valence-corrected chi connectivity index (χ4v) is 3.16. The van der Waals surface area contributed by atoms with Crippen molar-refractivity contribution in [1.29, 1.82) is 0 Å². The van der Waals surface area contributed by atoms with E-state index in [0.29, 0.717) is 0 Å². The number of hydrogen-bond donors (Lipinski definition) is 2. The van der Waals surface area contributed by atoms with Crippen molar-refractivity contribution in [2.75, 3.05) is 13.1 Å². The molecule has 90 valence electrons. The van der Waals surface area contributed by atoms with Crippen molar-refractivity contribution in [2.45, 2.75) is 32.2 Å². The van der Waals surface area contributed by atoms with Crippen LogP contribution in [0.5, 0.6) is 0 Å². The predicted molar refractivity (Wildman–Crippen MR) is 70.5 cm³/mol. The first-order valence-corrected chi connectivity index (χ1v) is 7.19. The molecule has 0 bridgehead atoms. The van der Waals surface area contributed by atoms with E-state index in [-0.39, 0.29) is 0 Å². The summed E-state index contributed by atoms with van der Waals surface area (Å²) in [5, 5.41) is 5.71. The minimum Gasteiger partial charge on any atom is -0.330 e. The lowest BCUT2D eigenvalue weighted by atomic mass is 9.82. The molecule has 1 fully saturated rings. The van der Waals surface area contributed by atoms with E-state index >= 15 is 0 Å². The highest BCUT2D eigenvalue weighted by molar-refractivity contribution is 7.09. The second kappa shape index (κ2) is 6.38. The van der Waals surface area contributed by atoms with Gasteiger partial charge in [-0.15, -0.1) is 11.3 Å². The van der Waals surface area contributed by atoms with Gasteiger partial charge >= 0.3 is 0 Å². The zero-order chi connectivity index (χ0) is 11.2. The first-order chi connectivity index (χ1) is 7.88. The SMILES string of the molecule is NCC1CCC(CNCc2cccs2)CC1. The van der Waals surface area contributed by atoms with Crippen molar-refractivity contribution in [2.24, 2.45) is 17.6 Å². The summed E-state index contributed by atoms with van der Waals surface area (Å²) in [6.07, 6.45) is 5.39. The Balaban J connectivity index is 1.60. The molecule has 3 heteroatoms. The summed E-state index contributed by atoms with van der Waals surface area (Å²) >= 11 is 1.83. The Bertz CT molecular complexity index is 276. The van der Waals surface area contributed by atoms with Gasteiger partial charge in [0.2, 0.25) is 0 Å². The predicted octanol–water partition coefficient (Wildman–Crippen LogP) is 2.60. The van der Waals surface area contributed by atoms with Gasteiger partial charge in [-0.1, -0.05) is 6.07 Å². The first kappa shape index (κ1) is 12.1. The average molecular weight is 238 g/mol. The van der Waals surface area contributed by atoms with Crippen LogP contribution in [0.1, 0.15) is 30.6 Å². The number of thiophene rings is 1. The highest BCUT2D eigenvalue weighted by Gasteiger charge is 2.19. The highest BCUT2D eigenvalue weighted by Crippen LogP contribution is 2.27. The van der Waals surface area contributed by atoms with Gasteiger partial charge in [0, 0.05) is 11.4 Å². The normalized spacial score (nSPS) is 25.8. The lowest BCUT2D eigenvalue weighted by molar-refractivity contribution is 0.272. The van der Waals surface area contributed by atoms with E-state index in [1.165, 1.54) is 37.1 Å². The van der Waals surface area contributed by atoms with Crippen molar-refractivity contribution in [1.82, 2.24) is 5.32 Å². The second-order valence-electron chi connectivity index (χ2n) is 4.83. The zero-order valence-electron chi connectivity index (χ0n) is 9.82. The molecule has 0 unspecified atom stereocenters. The van der Waals surface area contributed by atoms with E-state index in [9.17, 15) is 0 Å². The topological polar surface area (TPSA) is 38.0 Å². The molecular weight excluding hydrogens is 216 g/mol. The molecule has 1 aliphatic carbocycles. The summed E-state index contributed by atoms with van der Waals surface area (Å²) < 4.78 is 0. The monoisotopic (exact) mass is 238 g/mol. The fraction of sp³-hybridized carbons (Fsp3) is 0.692. The second-order valence-corrected chi connectivity index (χ2v) is 5.86. The van der Waals surface area contributed by atoms with Crippen LogP contribution in [0, 0.1) is 11.8 Å². The van der Waals surface area contributed by atoms with Crippen LogP contribution in [0.3, 0.4) is 0 Å². The number of nitrogens with two attached hydrogens (primary N) is 1. The van der Waals surface area contributed by atoms with Gasteiger partial charge in [0.15, 0.2) is 0 Å². The lowest BCUT2D eigenvalue weighted by Gasteiger charge is -2.27. The van der Waals surface area contributed by atoms with Crippen molar-refractivity contribution in [3.63, 3.8) is 0 Å². The molecule has 0 radical (unpaired) electrons. The van der Waals surface area contributed by atoms with E-state index in [4.69, 9.17) is 5.73 Å². The third-order valence-corrected chi connectivity index (χ3v) is 4.49. The van der Waals surface area contributed by atoms with Crippen molar-refractivity contribution >= 4 is 11.3 Å². The third-order valence-electron chi connectivity index (χ3n) is 3.61. The van der Waals surface area contributed by atoms with Gasteiger partial charge in [0.05, 0.1) is 0 Å². The molecule has 2 nitrogen and oxygen atoms in total. The van der Waals surface area contributed by atoms with E-state index in [1.807, 2.05) is 11.3 Å². The van der Waals surface area contributed by atoms with Crippen molar-refractivity contribution in [3.05, 3.63) is 22.4 Å². The molecule has 1 aromatic heterocycles. The molecule has 1 heterocycles. The smallest absolute Gasteiger partial charge is 0.0299 e. The molecule has 2 rings (SSSR count). The van der Waals surface area contributed by atoms with Crippen LogP contribution in [-0.4, -0.2) is 13.1 Å². The zero-order valence-corrected chi connectivity index (χ0v) is 10.6. The van der Waals surface area contributed by atoms with E-state index in [1.54, 1.807) is 0 Å². The van der Waals surface area contributed by atoms with E-state index in [0.717, 1.165) is 24.9 Å². The summed E-state index contributed by atoms with van der Waals surface area (Å²) in [4.78, 5) is 1.44. The molecule has 0 amide bonds. The number of hydrogen-bond acceptors (Lipinski definition) is 3. The number of rotatable bonds is 5. The fourth-order valence-electron chi connectivity index (χ4n) is 2.48. The minimum absolute atomic E-state index is 0.800. The Morgan fingerprint density at radius 2 is 2.00 bits per heavy atom. The maximum absolute atomic E-state index is 5.70. The maximum atomic E-state index is 5.70.